The lowest BCUT2D eigenvalue weighted by atomic mass is 9.66. The molecule has 2 amide bonds. The van der Waals surface area contributed by atoms with E-state index in [1.165, 1.54) is 7.11 Å². The first-order chi connectivity index (χ1) is 9.00. The molecule has 7 nitrogen and oxygen atoms in total. The van der Waals surface area contributed by atoms with Gasteiger partial charge >= 0.3 is 5.97 Å². The number of amides is 2. The van der Waals surface area contributed by atoms with E-state index in [9.17, 15) is 14.4 Å². The molecule has 0 heterocycles. The zero-order valence-electron chi connectivity index (χ0n) is 11.0. The highest BCUT2D eigenvalue weighted by atomic mass is 16.5. The second kappa shape index (κ2) is 7.08. The summed E-state index contributed by atoms with van der Waals surface area (Å²) < 4.78 is 4.76. The molecule has 1 rings (SSSR count). The van der Waals surface area contributed by atoms with Crippen molar-refractivity contribution in [2.24, 2.45) is 5.41 Å². The molecule has 0 atom stereocenters. The van der Waals surface area contributed by atoms with Gasteiger partial charge in [0.25, 0.3) is 0 Å². The van der Waals surface area contributed by atoms with Crippen molar-refractivity contribution < 1.29 is 24.2 Å². The highest BCUT2D eigenvalue weighted by Crippen LogP contribution is 2.44. The molecule has 0 spiro atoms. The minimum Gasteiger partial charge on any atom is -0.481 e. The lowest BCUT2D eigenvalue weighted by Crippen LogP contribution is -2.44. The largest absolute Gasteiger partial charge is 0.481 e. The van der Waals surface area contributed by atoms with Crippen LogP contribution in [0.3, 0.4) is 0 Å². The van der Waals surface area contributed by atoms with Crippen LogP contribution in [0.5, 0.6) is 0 Å². The highest BCUT2D eigenvalue weighted by molar-refractivity contribution is 5.88. The molecule has 0 aromatic heterocycles. The second-order valence-electron chi connectivity index (χ2n) is 4.74. The minimum atomic E-state index is -0.932. The van der Waals surface area contributed by atoms with Crippen molar-refractivity contribution in [2.75, 3.05) is 26.8 Å². The molecule has 108 valence electrons. The fourth-order valence-corrected chi connectivity index (χ4v) is 1.97. The van der Waals surface area contributed by atoms with E-state index >= 15 is 0 Å². The van der Waals surface area contributed by atoms with Crippen LogP contribution in [-0.2, 0) is 19.1 Å². The van der Waals surface area contributed by atoms with Crippen LogP contribution in [0.25, 0.3) is 0 Å². The van der Waals surface area contributed by atoms with Crippen molar-refractivity contribution in [2.45, 2.75) is 25.7 Å². The molecule has 0 aliphatic heterocycles. The standard InChI is InChI=1S/C12H20N2O5/c1-19-6-5-13-10(16)8-14-9(15)7-12(11(17)18)3-2-4-12/h2-8H2,1H3,(H,13,16)(H,14,15)(H,17,18). The van der Waals surface area contributed by atoms with Gasteiger partial charge in [-0.25, -0.2) is 0 Å². The first-order valence-electron chi connectivity index (χ1n) is 6.26. The van der Waals surface area contributed by atoms with Crippen LogP contribution in [0.4, 0.5) is 0 Å². The van der Waals surface area contributed by atoms with E-state index in [0.29, 0.717) is 26.0 Å². The number of methoxy groups -OCH3 is 1. The van der Waals surface area contributed by atoms with E-state index in [-0.39, 0.29) is 18.9 Å². The summed E-state index contributed by atoms with van der Waals surface area (Å²) in [5.74, 6) is -1.65. The molecular formula is C12H20N2O5. The molecule has 0 saturated heterocycles. The second-order valence-corrected chi connectivity index (χ2v) is 4.74. The summed E-state index contributed by atoms with van der Waals surface area (Å²) in [5.41, 5.74) is -0.920. The van der Waals surface area contributed by atoms with Gasteiger partial charge in [0.05, 0.1) is 18.6 Å². The summed E-state index contributed by atoms with van der Waals surface area (Å²) in [6, 6.07) is 0. The number of hydrogen-bond donors (Lipinski definition) is 3. The molecule has 19 heavy (non-hydrogen) atoms. The topological polar surface area (TPSA) is 105 Å². The average Bonchev–Trinajstić information content (AvgIpc) is 2.31. The molecule has 0 bridgehead atoms. The molecule has 1 aliphatic rings. The number of carboxylic acids is 1. The van der Waals surface area contributed by atoms with Gasteiger partial charge in [0.1, 0.15) is 0 Å². The van der Waals surface area contributed by atoms with E-state index in [4.69, 9.17) is 9.84 Å². The monoisotopic (exact) mass is 272 g/mol. The maximum Gasteiger partial charge on any atom is 0.310 e. The van der Waals surface area contributed by atoms with Crippen molar-refractivity contribution in [1.82, 2.24) is 10.6 Å². The average molecular weight is 272 g/mol. The predicted molar refractivity (Wildman–Crippen MR) is 66.4 cm³/mol. The van der Waals surface area contributed by atoms with Gasteiger partial charge in [0.15, 0.2) is 0 Å². The van der Waals surface area contributed by atoms with Gasteiger partial charge in [-0.2, -0.15) is 0 Å². The fourth-order valence-electron chi connectivity index (χ4n) is 1.97. The van der Waals surface area contributed by atoms with Gasteiger partial charge < -0.3 is 20.5 Å². The van der Waals surface area contributed by atoms with Crippen LogP contribution in [0.1, 0.15) is 25.7 Å². The summed E-state index contributed by atoms with van der Waals surface area (Å²) in [6.07, 6.45) is 1.82. The Bertz CT molecular complexity index is 352. The Balaban J connectivity index is 2.24. The molecule has 0 radical (unpaired) electrons. The van der Waals surface area contributed by atoms with Crippen LogP contribution in [-0.4, -0.2) is 49.7 Å². The third-order valence-corrected chi connectivity index (χ3v) is 3.34. The van der Waals surface area contributed by atoms with Crippen molar-refractivity contribution in [1.29, 1.82) is 0 Å². The van der Waals surface area contributed by atoms with E-state index in [2.05, 4.69) is 10.6 Å². The van der Waals surface area contributed by atoms with E-state index < -0.39 is 17.3 Å². The number of hydrogen-bond acceptors (Lipinski definition) is 4. The number of ether oxygens (including phenoxy) is 1. The maximum atomic E-state index is 11.6. The molecule has 7 heteroatoms. The number of carboxylic acid groups (broad SMARTS) is 1. The molecule has 1 aliphatic carbocycles. The number of rotatable bonds is 8. The molecule has 0 aromatic rings. The normalized spacial score (nSPS) is 16.3. The third kappa shape index (κ3) is 4.51. The molecular weight excluding hydrogens is 252 g/mol. The molecule has 3 N–H and O–H groups in total. The van der Waals surface area contributed by atoms with Gasteiger partial charge in [0.2, 0.25) is 11.8 Å². The lowest BCUT2D eigenvalue weighted by molar-refractivity contribution is -0.157. The van der Waals surface area contributed by atoms with Crippen LogP contribution in [0.2, 0.25) is 0 Å². The van der Waals surface area contributed by atoms with Crippen LogP contribution < -0.4 is 10.6 Å². The van der Waals surface area contributed by atoms with Crippen molar-refractivity contribution in [3.8, 4) is 0 Å². The number of carbonyl (C=O) groups excluding carboxylic acids is 2. The molecule has 0 aromatic carbocycles. The predicted octanol–water partition coefficient (Wildman–Crippen LogP) is -0.490. The Kier molecular flexibility index (Phi) is 5.75. The zero-order valence-corrected chi connectivity index (χ0v) is 11.0. The number of aliphatic carboxylic acids is 1. The zero-order chi connectivity index (χ0) is 14.3. The highest BCUT2D eigenvalue weighted by Gasteiger charge is 2.45. The van der Waals surface area contributed by atoms with Crippen molar-refractivity contribution >= 4 is 17.8 Å². The van der Waals surface area contributed by atoms with Gasteiger partial charge in [-0.15, -0.1) is 0 Å². The SMILES string of the molecule is COCCNC(=O)CNC(=O)CC1(C(=O)O)CCC1. The quantitative estimate of drug-likeness (QED) is 0.517. The Morgan fingerprint density at radius 3 is 2.37 bits per heavy atom. The Labute approximate surface area is 111 Å². The third-order valence-electron chi connectivity index (χ3n) is 3.34. The summed E-state index contributed by atoms with van der Waals surface area (Å²) in [6.45, 7) is 0.643. The number of carbonyl (C=O) groups is 3. The van der Waals surface area contributed by atoms with E-state index in [0.717, 1.165) is 6.42 Å². The molecule has 1 fully saturated rings. The van der Waals surface area contributed by atoms with Crippen LogP contribution >= 0.6 is 0 Å². The Hall–Kier alpha value is -1.63. The van der Waals surface area contributed by atoms with E-state index in [1.807, 2.05) is 0 Å². The van der Waals surface area contributed by atoms with Crippen LogP contribution in [0.15, 0.2) is 0 Å². The summed E-state index contributed by atoms with van der Waals surface area (Å²) in [7, 11) is 1.53. The Morgan fingerprint density at radius 1 is 1.21 bits per heavy atom. The fraction of sp³-hybridized carbons (Fsp3) is 0.750. The van der Waals surface area contributed by atoms with E-state index in [1.54, 1.807) is 0 Å². The maximum absolute atomic E-state index is 11.6. The molecule has 1 saturated carbocycles. The van der Waals surface area contributed by atoms with Gasteiger partial charge in [-0.3, -0.25) is 14.4 Å². The van der Waals surface area contributed by atoms with Crippen LogP contribution in [0, 0.1) is 5.41 Å². The number of nitrogens with one attached hydrogen (secondary N) is 2. The van der Waals surface area contributed by atoms with Crippen molar-refractivity contribution in [3.63, 3.8) is 0 Å². The molecule has 0 unspecified atom stereocenters. The smallest absolute Gasteiger partial charge is 0.310 e. The van der Waals surface area contributed by atoms with Gasteiger partial charge in [-0.1, -0.05) is 6.42 Å². The summed E-state index contributed by atoms with van der Waals surface area (Å²) in [4.78, 5) is 34.0. The summed E-state index contributed by atoms with van der Waals surface area (Å²) in [5, 5.41) is 14.1. The Morgan fingerprint density at radius 2 is 1.89 bits per heavy atom. The summed E-state index contributed by atoms with van der Waals surface area (Å²) >= 11 is 0. The lowest BCUT2D eigenvalue weighted by Gasteiger charge is -2.36. The van der Waals surface area contributed by atoms with Gasteiger partial charge in [-0.05, 0) is 12.8 Å². The minimum absolute atomic E-state index is 0.0618. The first kappa shape index (κ1) is 15.4. The van der Waals surface area contributed by atoms with Gasteiger partial charge in [0, 0.05) is 20.1 Å². The van der Waals surface area contributed by atoms with Crippen molar-refractivity contribution in [3.05, 3.63) is 0 Å². The first-order valence-corrected chi connectivity index (χ1v) is 6.26.